The Morgan fingerprint density at radius 2 is 2.00 bits per heavy atom. The zero-order chi connectivity index (χ0) is 16.9. The first-order chi connectivity index (χ1) is 11.6. The molecular weight excluding hydrogens is 366 g/mol. The second-order valence-electron chi connectivity index (χ2n) is 6.46. The van der Waals surface area contributed by atoms with E-state index in [1.165, 1.54) is 12.8 Å². The van der Waals surface area contributed by atoms with E-state index in [9.17, 15) is 0 Å². The van der Waals surface area contributed by atoms with Gasteiger partial charge in [0.05, 0.1) is 11.4 Å². The van der Waals surface area contributed by atoms with Crippen molar-refractivity contribution in [3.63, 3.8) is 0 Å². The number of nitrogens with one attached hydrogen (secondary N) is 2. The molecule has 0 unspecified atom stereocenters. The average Bonchev–Trinajstić information content (AvgIpc) is 3.38. The van der Waals surface area contributed by atoms with E-state index in [0.717, 1.165) is 41.2 Å². The zero-order valence-electron chi connectivity index (χ0n) is 14.2. The van der Waals surface area contributed by atoms with Crippen LogP contribution in [0.1, 0.15) is 30.9 Å². The Labute approximate surface area is 152 Å². The normalized spacial score (nSPS) is 14.0. The van der Waals surface area contributed by atoms with Crippen molar-refractivity contribution in [3.8, 4) is 0 Å². The van der Waals surface area contributed by atoms with Gasteiger partial charge in [-0.15, -0.1) is 0 Å². The van der Waals surface area contributed by atoms with Gasteiger partial charge in [-0.3, -0.25) is 0 Å². The van der Waals surface area contributed by atoms with Gasteiger partial charge in [-0.05, 0) is 68.0 Å². The maximum absolute atomic E-state index is 4.69. The minimum Gasteiger partial charge on any atom is -0.354 e. The number of rotatable bonds is 8. The molecule has 0 saturated heterocycles. The molecule has 6 heteroatoms. The molecule has 5 nitrogen and oxygen atoms in total. The molecule has 1 aromatic heterocycles. The summed E-state index contributed by atoms with van der Waals surface area (Å²) < 4.78 is 1.03. The first-order valence-electron chi connectivity index (χ1n) is 8.41. The third kappa shape index (κ3) is 4.92. The Kier molecular flexibility index (Phi) is 5.68. The molecule has 0 aliphatic heterocycles. The van der Waals surface area contributed by atoms with Crippen molar-refractivity contribution in [3.05, 3.63) is 40.5 Å². The molecule has 2 aromatic rings. The van der Waals surface area contributed by atoms with Crippen molar-refractivity contribution in [2.45, 2.75) is 25.2 Å². The van der Waals surface area contributed by atoms with Gasteiger partial charge < -0.3 is 15.5 Å². The van der Waals surface area contributed by atoms with Gasteiger partial charge in [-0.1, -0.05) is 12.1 Å². The molecule has 1 aliphatic rings. The second-order valence-corrected chi connectivity index (χ2v) is 7.32. The van der Waals surface area contributed by atoms with Crippen LogP contribution in [0.4, 0.5) is 17.5 Å². The van der Waals surface area contributed by atoms with Crippen molar-refractivity contribution < 1.29 is 0 Å². The monoisotopic (exact) mass is 389 g/mol. The molecule has 3 rings (SSSR count). The van der Waals surface area contributed by atoms with E-state index in [1.54, 1.807) is 0 Å². The first kappa shape index (κ1) is 17.2. The van der Waals surface area contributed by atoms with Crippen LogP contribution in [0.2, 0.25) is 0 Å². The summed E-state index contributed by atoms with van der Waals surface area (Å²) in [4.78, 5) is 11.5. The summed E-state index contributed by atoms with van der Waals surface area (Å²) in [6, 6.07) is 10.1. The molecule has 24 heavy (non-hydrogen) atoms. The summed E-state index contributed by atoms with van der Waals surface area (Å²) in [5.74, 6) is 2.15. The Balaban J connectivity index is 1.72. The van der Waals surface area contributed by atoms with Gasteiger partial charge in [0.1, 0.15) is 5.82 Å². The highest BCUT2D eigenvalue weighted by Crippen LogP contribution is 2.40. The minimum atomic E-state index is 0.593. The molecule has 0 spiro atoms. The number of aromatic nitrogens is 2. The number of hydrogen-bond donors (Lipinski definition) is 2. The van der Waals surface area contributed by atoms with Crippen LogP contribution in [0.15, 0.2) is 34.8 Å². The van der Waals surface area contributed by atoms with Crippen LogP contribution in [0.3, 0.4) is 0 Å². The number of nitrogens with zero attached hydrogens (tertiary/aromatic N) is 3. The van der Waals surface area contributed by atoms with Gasteiger partial charge in [0.25, 0.3) is 0 Å². The van der Waals surface area contributed by atoms with Crippen molar-refractivity contribution >= 4 is 33.4 Å². The zero-order valence-corrected chi connectivity index (χ0v) is 15.8. The molecule has 2 N–H and O–H groups in total. The molecule has 0 amide bonds. The fraction of sp³-hybridized carbons (Fsp3) is 0.444. The summed E-state index contributed by atoms with van der Waals surface area (Å²) in [5.41, 5.74) is 2.14. The van der Waals surface area contributed by atoms with E-state index in [1.807, 2.05) is 24.3 Å². The lowest BCUT2D eigenvalue weighted by Crippen LogP contribution is -2.17. The van der Waals surface area contributed by atoms with Crippen LogP contribution < -0.4 is 10.6 Å². The summed E-state index contributed by atoms with van der Waals surface area (Å²) in [7, 11) is 4.17. The van der Waals surface area contributed by atoms with Crippen LogP contribution in [-0.4, -0.2) is 42.1 Å². The van der Waals surface area contributed by atoms with Gasteiger partial charge in [-0.25, -0.2) is 4.98 Å². The van der Waals surface area contributed by atoms with E-state index < -0.39 is 0 Å². The molecule has 128 valence electrons. The van der Waals surface area contributed by atoms with E-state index in [0.29, 0.717) is 11.9 Å². The van der Waals surface area contributed by atoms with Crippen LogP contribution in [0.25, 0.3) is 0 Å². The Bertz CT molecular complexity index is 685. The quantitative estimate of drug-likeness (QED) is 0.661. The maximum atomic E-state index is 4.69. The van der Waals surface area contributed by atoms with E-state index in [-0.39, 0.29) is 0 Å². The van der Waals surface area contributed by atoms with Gasteiger partial charge >= 0.3 is 0 Å². The molecule has 0 radical (unpaired) electrons. The smallest absolute Gasteiger partial charge is 0.224 e. The largest absolute Gasteiger partial charge is 0.354 e. The van der Waals surface area contributed by atoms with Crippen molar-refractivity contribution in [2.24, 2.45) is 0 Å². The third-order valence-corrected chi connectivity index (χ3v) is 4.63. The van der Waals surface area contributed by atoms with Crippen LogP contribution in [-0.2, 0) is 0 Å². The molecule has 1 saturated carbocycles. The van der Waals surface area contributed by atoms with Crippen LogP contribution in [0.5, 0.6) is 0 Å². The van der Waals surface area contributed by atoms with Gasteiger partial charge in [-0.2, -0.15) is 4.98 Å². The maximum Gasteiger partial charge on any atom is 0.224 e. The highest BCUT2D eigenvalue weighted by Gasteiger charge is 2.26. The number of anilines is 3. The lowest BCUT2D eigenvalue weighted by molar-refractivity contribution is 0.405. The standard InChI is InChI=1S/C18H24BrN5/c1-24(2)11-5-10-20-18-22-16(13-8-9-13)12-17(23-18)21-15-7-4-3-6-14(15)19/h3-4,6-7,12-13H,5,8-11H2,1-2H3,(H2,20,21,22,23). The number of hydrogen-bond acceptors (Lipinski definition) is 5. The molecule has 1 heterocycles. The summed E-state index contributed by atoms with van der Waals surface area (Å²) in [5, 5.41) is 6.76. The highest BCUT2D eigenvalue weighted by atomic mass is 79.9. The fourth-order valence-corrected chi connectivity index (χ4v) is 2.88. The molecule has 1 aliphatic carbocycles. The second kappa shape index (κ2) is 7.94. The van der Waals surface area contributed by atoms with Crippen molar-refractivity contribution in [1.29, 1.82) is 0 Å². The lowest BCUT2D eigenvalue weighted by atomic mass is 10.2. The topological polar surface area (TPSA) is 53.1 Å². The average molecular weight is 390 g/mol. The molecule has 0 bridgehead atoms. The van der Waals surface area contributed by atoms with Crippen molar-refractivity contribution in [2.75, 3.05) is 37.8 Å². The fourth-order valence-electron chi connectivity index (χ4n) is 2.49. The summed E-state index contributed by atoms with van der Waals surface area (Å²) >= 11 is 3.57. The SMILES string of the molecule is CN(C)CCCNc1nc(Nc2ccccc2Br)cc(C2CC2)n1. The predicted molar refractivity (Wildman–Crippen MR) is 103 cm³/mol. The van der Waals surface area contributed by atoms with Crippen LogP contribution >= 0.6 is 15.9 Å². The van der Waals surface area contributed by atoms with Gasteiger partial charge in [0, 0.05) is 23.0 Å². The van der Waals surface area contributed by atoms with Crippen LogP contribution in [0, 0.1) is 0 Å². The summed E-state index contributed by atoms with van der Waals surface area (Å²) in [6.45, 7) is 1.93. The first-order valence-corrected chi connectivity index (χ1v) is 9.20. The van der Waals surface area contributed by atoms with Crippen molar-refractivity contribution in [1.82, 2.24) is 14.9 Å². The van der Waals surface area contributed by atoms with Gasteiger partial charge in [0.2, 0.25) is 5.95 Å². The summed E-state index contributed by atoms with van der Waals surface area (Å²) in [6.07, 6.45) is 3.52. The lowest BCUT2D eigenvalue weighted by Gasteiger charge is -2.13. The van der Waals surface area contributed by atoms with E-state index >= 15 is 0 Å². The van der Waals surface area contributed by atoms with E-state index in [4.69, 9.17) is 0 Å². The molecule has 1 aromatic carbocycles. The highest BCUT2D eigenvalue weighted by molar-refractivity contribution is 9.10. The number of benzene rings is 1. The Hall–Kier alpha value is -1.66. The minimum absolute atomic E-state index is 0.593. The Morgan fingerprint density at radius 3 is 2.71 bits per heavy atom. The molecule has 1 fully saturated rings. The van der Waals surface area contributed by atoms with Gasteiger partial charge in [0.15, 0.2) is 0 Å². The molecule has 0 atom stereocenters. The predicted octanol–water partition coefficient (Wildman–Crippen LogP) is 4.22. The third-order valence-electron chi connectivity index (χ3n) is 3.94. The number of para-hydroxylation sites is 1. The number of halogens is 1. The Morgan fingerprint density at radius 1 is 1.21 bits per heavy atom. The van der Waals surface area contributed by atoms with E-state index in [2.05, 4.69) is 61.6 Å². The molecular formula is C18H24BrN5.